The van der Waals surface area contributed by atoms with E-state index in [1.54, 1.807) is 0 Å². The van der Waals surface area contributed by atoms with Crippen molar-refractivity contribution >= 4 is 92.1 Å². The van der Waals surface area contributed by atoms with E-state index in [2.05, 4.69) is 237 Å². The second-order valence-corrected chi connectivity index (χ2v) is 19.8. The highest BCUT2D eigenvalue weighted by atomic mass is 32.1. The molecule has 0 bridgehead atoms. The van der Waals surface area contributed by atoms with Crippen molar-refractivity contribution in [3.05, 3.63) is 236 Å². The van der Waals surface area contributed by atoms with Gasteiger partial charge in [0.15, 0.2) is 0 Å². The zero-order chi connectivity index (χ0) is 45.1. The zero-order valence-electron chi connectivity index (χ0n) is 37.6. The van der Waals surface area contributed by atoms with Gasteiger partial charge in [-0.3, -0.25) is 0 Å². The van der Waals surface area contributed by atoms with Crippen LogP contribution in [0, 0.1) is 0 Å². The van der Waals surface area contributed by atoms with Crippen LogP contribution in [-0.2, 0) is 5.41 Å². The van der Waals surface area contributed by atoms with Crippen LogP contribution in [0.5, 0.6) is 0 Å². The largest absolute Gasteiger partial charge is 0.456 e. The van der Waals surface area contributed by atoms with E-state index in [1.807, 2.05) is 17.4 Å². The topological polar surface area (TPSA) is 16.4 Å². The van der Waals surface area contributed by atoms with Gasteiger partial charge >= 0.3 is 0 Å². The fourth-order valence-corrected chi connectivity index (χ4v) is 12.7. The molecule has 0 saturated heterocycles. The molecular weight excluding hydrogens is 843 g/mol. The fourth-order valence-electron chi connectivity index (χ4n) is 11.4. The zero-order valence-corrected chi connectivity index (χ0v) is 38.4. The van der Waals surface area contributed by atoms with E-state index < -0.39 is 0 Å². The normalized spacial score (nSPS) is 13.0. The van der Waals surface area contributed by atoms with Crippen molar-refractivity contribution in [1.29, 1.82) is 0 Å². The molecule has 0 spiro atoms. The highest BCUT2D eigenvalue weighted by Gasteiger charge is 2.36. The van der Waals surface area contributed by atoms with Crippen LogP contribution in [0.2, 0.25) is 0 Å². The van der Waals surface area contributed by atoms with Crippen LogP contribution < -0.4 is 4.90 Å². The predicted molar refractivity (Wildman–Crippen MR) is 290 cm³/mol. The average molecular weight is 886 g/mol. The Kier molecular flexibility index (Phi) is 8.53. The molecule has 2 nitrogen and oxygen atoms in total. The third-order valence-corrected chi connectivity index (χ3v) is 15.9. The summed E-state index contributed by atoms with van der Waals surface area (Å²) in [5, 5.41) is 9.82. The lowest BCUT2D eigenvalue weighted by atomic mass is 9.82. The number of hydrogen-bond acceptors (Lipinski definition) is 3. The highest BCUT2D eigenvalue weighted by molar-refractivity contribution is 7.26. The Balaban J connectivity index is 0.939. The van der Waals surface area contributed by atoms with Crippen molar-refractivity contribution in [1.82, 2.24) is 0 Å². The maximum atomic E-state index is 6.50. The van der Waals surface area contributed by atoms with Gasteiger partial charge in [-0.05, 0) is 138 Å². The maximum Gasteiger partial charge on any atom is 0.136 e. The van der Waals surface area contributed by atoms with Crippen molar-refractivity contribution in [2.24, 2.45) is 0 Å². The van der Waals surface area contributed by atoms with Crippen LogP contribution in [0.3, 0.4) is 0 Å². The molecule has 3 heteroatoms. The van der Waals surface area contributed by atoms with Crippen molar-refractivity contribution in [3.8, 4) is 44.5 Å². The number of thiophene rings is 1. The molecule has 2 heterocycles. The van der Waals surface area contributed by atoms with Gasteiger partial charge in [0.1, 0.15) is 11.2 Å². The van der Waals surface area contributed by atoms with Gasteiger partial charge in [-0.15, -0.1) is 11.3 Å². The maximum absolute atomic E-state index is 6.50. The number of anilines is 3. The Hall–Kier alpha value is -8.24. The van der Waals surface area contributed by atoms with E-state index in [0.29, 0.717) is 0 Å². The molecular formula is C65H43NOS. The molecule has 0 radical (unpaired) electrons. The minimum atomic E-state index is -0.136. The highest BCUT2D eigenvalue weighted by Crippen LogP contribution is 2.52. The first-order valence-corrected chi connectivity index (χ1v) is 24.3. The molecule has 1 aliphatic carbocycles. The standard InChI is InChI=1S/C65H43NOS/c1-65(2)57-23-10-7-16-49(57)50-37-35-45(39-58(50)65)66(43-31-26-40(27-32-43)46-21-13-22-56-53-18-9-12-25-61(53)68-64(46)56)44-33-28-41(29-34-44)62-54-19-5-3-14-47(54)48-15-4-6-20-55(48)63(62)42-30-36-52-51-17-8-11-24-59(51)67-60(52)38-42/h3-39H,1-2H3. The van der Waals surface area contributed by atoms with Gasteiger partial charge in [0.05, 0.1) is 0 Å². The summed E-state index contributed by atoms with van der Waals surface area (Å²) in [5.41, 5.74) is 17.5. The summed E-state index contributed by atoms with van der Waals surface area (Å²) in [6.45, 7) is 4.73. The monoisotopic (exact) mass is 885 g/mol. The summed E-state index contributed by atoms with van der Waals surface area (Å²) in [7, 11) is 0. The number of hydrogen-bond donors (Lipinski definition) is 0. The van der Waals surface area contributed by atoms with Crippen molar-refractivity contribution in [2.45, 2.75) is 19.3 Å². The Morgan fingerprint density at radius 1 is 0.353 bits per heavy atom. The molecule has 0 amide bonds. The van der Waals surface area contributed by atoms with E-state index in [1.165, 1.54) is 86.2 Å². The summed E-state index contributed by atoms with van der Waals surface area (Å²) >= 11 is 1.88. The SMILES string of the molecule is CC1(C)c2ccccc2-c2ccc(N(c3ccc(-c4c(-c5ccc6c(c5)oc5ccccc56)c5ccccc5c5ccccc45)cc3)c3ccc(-c4cccc5c4sc4ccccc45)cc3)cc21. The Morgan fingerprint density at radius 2 is 0.882 bits per heavy atom. The van der Waals surface area contributed by atoms with E-state index >= 15 is 0 Å². The average Bonchev–Trinajstić information content (AvgIpc) is 4.04. The van der Waals surface area contributed by atoms with Gasteiger partial charge in [-0.2, -0.15) is 0 Å². The molecule has 13 aromatic rings. The third-order valence-electron chi connectivity index (χ3n) is 14.7. The molecule has 11 aromatic carbocycles. The molecule has 14 rings (SSSR count). The van der Waals surface area contributed by atoms with Crippen LogP contribution in [0.1, 0.15) is 25.0 Å². The smallest absolute Gasteiger partial charge is 0.136 e. The molecule has 1 aliphatic rings. The summed E-state index contributed by atoms with van der Waals surface area (Å²) < 4.78 is 9.15. The van der Waals surface area contributed by atoms with Crippen LogP contribution in [0.15, 0.2) is 229 Å². The molecule has 0 fully saturated rings. The Bertz CT molecular complexity index is 4170. The van der Waals surface area contributed by atoms with Crippen LogP contribution in [-0.4, -0.2) is 0 Å². The van der Waals surface area contributed by atoms with Gasteiger partial charge < -0.3 is 9.32 Å². The molecule has 68 heavy (non-hydrogen) atoms. The van der Waals surface area contributed by atoms with Crippen LogP contribution in [0.4, 0.5) is 17.1 Å². The second kappa shape index (κ2) is 14.9. The number of furan rings is 1. The van der Waals surface area contributed by atoms with Crippen molar-refractivity contribution in [3.63, 3.8) is 0 Å². The van der Waals surface area contributed by atoms with Crippen molar-refractivity contribution in [2.75, 3.05) is 4.90 Å². The first-order chi connectivity index (χ1) is 33.5. The first kappa shape index (κ1) is 39.0. The Morgan fingerprint density at radius 3 is 1.63 bits per heavy atom. The molecule has 2 aromatic heterocycles. The van der Waals surface area contributed by atoms with E-state index in [0.717, 1.165) is 50.1 Å². The quantitative estimate of drug-likeness (QED) is 0.155. The summed E-state index contributed by atoms with van der Waals surface area (Å²) in [6, 6.07) is 82.7. The summed E-state index contributed by atoms with van der Waals surface area (Å²) in [6.07, 6.45) is 0. The van der Waals surface area contributed by atoms with Gasteiger partial charge in [0, 0.05) is 53.4 Å². The lowest BCUT2D eigenvalue weighted by Gasteiger charge is -2.28. The summed E-state index contributed by atoms with van der Waals surface area (Å²) in [5.74, 6) is 0. The van der Waals surface area contributed by atoms with Gasteiger partial charge in [0.2, 0.25) is 0 Å². The minimum absolute atomic E-state index is 0.136. The molecule has 0 unspecified atom stereocenters. The van der Waals surface area contributed by atoms with E-state index in [4.69, 9.17) is 4.42 Å². The number of benzene rings is 11. The summed E-state index contributed by atoms with van der Waals surface area (Å²) in [4.78, 5) is 2.43. The Labute approximate surface area is 398 Å². The molecule has 0 atom stereocenters. The third kappa shape index (κ3) is 5.82. The number of fused-ring (bicyclic) bond motifs is 12. The first-order valence-electron chi connectivity index (χ1n) is 23.5. The van der Waals surface area contributed by atoms with Gasteiger partial charge in [-0.25, -0.2) is 0 Å². The van der Waals surface area contributed by atoms with E-state index in [-0.39, 0.29) is 5.41 Å². The predicted octanol–water partition coefficient (Wildman–Crippen LogP) is 19.0. The van der Waals surface area contributed by atoms with E-state index in [9.17, 15) is 0 Å². The van der Waals surface area contributed by atoms with Gasteiger partial charge in [-0.1, -0.05) is 178 Å². The molecule has 320 valence electrons. The molecule has 0 saturated carbocycles. The minimum Gasteiger partial charge on any atom is -0.456 e. The second-order valence-electron chi connectivity index (χ2n) is 18.8. The van der Waals surface area contributed by atoms with Crippen LogP contribution in [0.25, 0.3) is 108 Å². The number of para-hydroxylation sites is 1. The lowest BCUT2D eigenvalue weighted by Crippen LogP contribution is -2.16. The lowest BCUT2D eigenvalue weighted by molar-refractivity contribution is 0.660. The van der Waals surface area contributed by atoms with Crippen LogP contribution >= 0.6 is 11.3 Å². The fraction of sp³-hybridized carbons (Fsp3) is 0.0462. The number of nitrogens with zero attached hydrogens (tertiary/aromatic N) is 1. The molecule has 0 aliphatic heterocycles. The number of rotatable bonds is 6. The van der Waals surface area contributed by atoms with Crippen molar-refractivity contribution < 1.29 is 4.42 Å². The molecule has 0 N–H and O–H groups in total. The van der Waals surface area contributed by atoms with Gasteiger partial charge in [0.25, 0.3) is 0 Å².